The van der Waals surface area contributed by atoms with E-state index in [0.29, 0.717) is 25.4 Å². The van der Waals surface area contributed by atoms with Crippen molar-refractivity contribution < 1.29 is 14.3 Å². The number of nitrogens with zero attached hydrogens (tertiary/aromatic N) is 3. The number of allylic oxidation sites excluding steroid dienone is 2. The summed E-state index contributed by atoms with van der Waals surface area (Å²) >= 11 is 0. The normalized spacial score (nSPS) is 23.0. The molecule has 1 aromatic rings. The van der Waals surface area contributed by atoms with E-state index >= 15 is 0 Å². The molecule has 0 aromatic heterocycles. The number of fused-ring (bicyclic) bond motifs is 1. The number of amides is 3. The van der Waals surface area contributed by atoms with Crippen molar-refractivity contribution in [3.8, 4) is 5.75 Å². The number of hydrogen-bond acceptors (Lipinski definition) is 3. The molecule has 2 aliphatic heterocycles. The summed E-state index contributed by atoms with van der Waals surface area (Å²) in [5.41, 5.74) is 2.35. The van der Waals surface area contributed by atoms with Crippen molar-refractivity contribution in [1.82, 2.24) is 14.7 Å². The van der Waals surface area contributed by atoms with Crippen LogP contribution in [-0.4, -0.2) is 67.5 Å². The average molecular weight is 400 g/mol. The SMILES string of the molecule is COc1ccc([C@H]2[C@@H]3CN(C(=O)CCC=C(C)C)C[C@@H]3CN2C(=O)N(C)C)cc1. The molecule has 3 amide bonds. The maximum Gasteiger partial charge on any atom is 0.320 e. The molecule has 2 heterocycles. The lowest BCUT2D eigenvalue weighted by molar-refractivity contribution is -0.130. The Morgan fingerprint density at radius 1 is 1.14 bits per heavy atom. The molecular formula is C23H33N3O3. The van der Waals surface area contributed by atoms with Crippen LogP contribution >= 0.6 is 0 Å². The van der Waals surface area contributed by atoms with E-state index in [2.05, 4.69) is 19.9 Å². The van der Waals surface area contributed by atoms with Gasteiger partial charge in [-0.15, -0.1) is 0 Å². The Kier molecular flexibility index (Phi) is 6.50. The van der Waals surface area contributed by atoms with Crippen LogP contribution in [0.2, 0.25) is 0 Å². The molecule has 158 valence electrons. The smallest absolute Gasteiger partial charge is 0.320 e. The van der Waals surface area contributed by atoms with Crippen LogP contribution in [0.4, 0.5) is 4.79 Å². The molecule has 6 heteroatoms. The first-order valence-electron chi connectivity index (χ1n) is 10.3. The van der Waals surface area contributed by atoms with Crippen LogP contribution in [-0.2, 0) is 4.79 Å². The second-order valence-corrected chi connectivity index (χ2v) is 8.59. The van der Waals surface area contributed by atoms with Gasteiger partial charge in [-0.3, -0.25) is 4.79 Å². The highest BCUT2D eigenvalue weighted by molar-refractivity contribution is 5.77. The van der Waals surface area contributed by atoms with Crippen molar-refractivity contribution in [3.05, 3.63) is 41.5 Å². The van der Waals surface area contributed by atoms with Crippen molar-refractivity contribution in [3.63, 3.8) is 0 Å². The third-order valence-corrected chi connectivity index (χ3v) is 6.01. The zero-order valence-electron chi connectivity index (χ0n) is 18.2. The summed E-state index contributed by atoms with van der Waals surface area (Å²) in [6.45, 7) is 6.26. The van der Waals surface area contributed by atoms with Crippen molar-refractivity contribution in [1.29, 1.82) is 0 Å². The van der Waals surface area contributed by atoms with Gasteiger partial charge < -0.3 is 19.4 Å². The van der Waals surface area contributed by atoms with Crippen LogP contribution in [0, 0.1) is 11.8 Å². The molecule has 3 atom stereocenters. The van der Waals surface area contributed by atoms with Crippen molar-refractivity contribution in [2.75, 3.05) is 40.8 Å². The summed E-state index contributed by atoms with van der Waals surface area (Å²) in [5.74, 6) is 1.60. The monoisotopic (exact) mass is 399 g/mol. The number of rotatable bonds is 5. The molecule has 6 nitrogen and oxygen atoms in total. The number of carbonyl (C=O) groups is 2. The van der Waals surface area contributed by atoms with E-state index in [0.717, 1.165) is 24.3 Å². The van der Waals surface area contributed by atoms with Crippen molar-refractivity contribution in [2.24, 2.45) is 11.8 Å². The van der Waals surface area contributed by atoms with E-state index in [1.54, 1.807) is 26.1 Å². The van der Waals surface area contributed by atoms with E-state index in [4.69, 9.17) is 4.74 Å². The van der Waals surface area contributed by atoms with Gasteiger partial charge in [-0.25, -0.2) is 4.79 Å². The van der Waals surface area contributed by atoms with Crippen LogP contribution in [0.5, 0.6) is 5.75 Å². The van der Waals surface area contributed by atoms with E-state index in [1.165, 1.54) is 5.57 Å². The van der Waals surface area contributed by atoms with Crippen LogP contribution < -0.4 is 4.74 Å². The Bertz CT molecular complexity index is 768. The van der Waals surface area contributed by atoms with Gasteiger partial charge >= 0.3 is 6.03 Å². The van der Waals surface area contributed by atoms with Crippen LogP contribution in [0.1, 0.15) is 38.3 Å². The minimum absolute atomic E-state index is 0.0172. The average Bonchev–Trinajstić information content (AvgIpc) is 3.25. The molecule has 0 aliphatic carbocycles. The third kappa shape index (κ3) is 4.57. The summed E-state index contributed by atoms with van der Waals surface area (Å²) in [4.78, 5) is 31.2. The van der Waals surface area contributed by atoms with E-state index < -0.39 is 0 Å². The summed E-state index contributed by atoms with van der Waals surface area (Å²) in [7, 11) is 5.24. The Hall–Kier alpha value is -2.50. The minimum Gasteiger partial charge on any atom is -0.497 e. The highest BCUT2D eigenvalue weighted by Crippen LogP contribution is 2.45. The van der Waals surface area contributed by atoms with Crippen LogP contribution in [0.25, 0.3) is 0 Å². The molecule has 0 spiro atoms. The molecule has 2 fully saturated rings. The third-order valence-electron chi connectivity index (χ3n) is 6.01. The first-order chi connectivity index (χ1) is 13.8. The summed E-state index contributed by atoms with van der Waals surface area (Å²) in [6, 6.07) is 7.98. The number of carbonyl (C=O) groups excluding carboxylic acids is 2. The van der Waals surface area contributed by atoms with Gasteiger partial charge in [0, 0.05) is 52.0 Å². The zero-order chi connectivity index (χ0) is 21.1. The molecule has 29 heavy (non-hydrogen) atoms. The second kappa shape index (κ2) is 8.89. The Morgan fingerprint density at radius 2 is 1.83 bits per heavy atom. The van der Waals surface area contributed by atoms with Gasteiger partial charge in [-0.05, 0) is 38.0 Å². The predicted molar refractivity (Wildman–Crippen MR) is 114 cm³/mol. The van der Waals surface area contributed by atoms with Crippen molar-refractivity contribution in [2.45, 2.75) is 32.7 Å². The van der Waals surface area contributed by atoms with Gasteiger partial charge in [-0.2, -0.15) is 0 Å². The second-order valence-electron chi connectivity index (χ2n) is 8.59. The molecule has 3 rings (SSSR count). The maximum absolute atomic E-state index is 12.8. The molecular weight excluding hydrogens is 366 g/mol. The maximum atomic E-state index is 12.8. The van der Waals surface area contributed by atoms with Crippen molar-refractivity contribution >= 4 is 11.9 Å². The van der Waals surface area contributed by atoms with Crippen LogP contribution in [0.3, 0.4) is 0 Å². The molecule has 0 radical (unpaired) electrons. The van der Waals surface area contributed by atoms with Crippen LogP contribution in [0.15, 0.2) is 35.9 Å². The van der Waals surface area contributed by atoms with Gasteiger partial charge in [0.05, 0.1) is 13.2 Å². The number of urea groups is 1. The lowest BCUT2D eigenvalue weighted by atomic mass is 9.89. The molecule has 2 aliphatic rings. The van der Waals surface area contributed by atoms with Gasteiger partial charge in [0.15, 0.2) is 0 Å². The highest BCUT2D eigenvalue weighted by Gasteiger charge is 2.50. The lowest BCUT2D eigenvalue weighted by Gasteiger charge is -2.32. The Morgan fingerprint density at radius 3 is 2.41 bits per heavy atom. The summed E-state index contributed by atoms with van der Waals surface area (Å²) in [6.07, 6.45) is 3.46. The molecule has 0 N–H and O–H groups in total. The Labute approximate surface area is 174 Å². The number of hydrogen-bond donors (Lipinski definition) is 0. The zero-order valence-corrected chi connectivity index (χ0v) is 18.2. The summed E-state index contributed by atoms with van der Waals surface area (Å²) < 4.78 is 5.29. The minimum atomic E-state index is -0.0172. The van der Waals surface area contributed by atoms with Gasteiger partial charge in [-0.1, -0.05) is 23.8 Å². The fraction of sp³-hybridized carbons (Fsp3) is 0.565. The molecule has 2 saturated heterocycles. The van der Waals surface area contributed by atoms with Gasteiger partial charge in [0.2, 0.25) is 5.91 Å². The fourth-order valence-electron chi connectivity index (χ4n) is 4.57. The fourth-order valence-corrected chi connectivity index (χ4v) is 4.57. The number of ether oxygens (including phenoxy) is 1. The molecule has 0 bridgehead atoms. The number of likely N-dealkylation sites (tertiary alicyclic amines) is 2. The van der Waals surface area contributed by atoms with E-state index in [9.17, 15) is 9.59 Å². The highest BCUT2D eigenvalue weighted by atomic mass is 16.5. The first kappa shape index (κ1) is 21.2. The number of methoxy groups -OCH3 is 1. The molecule has 1 aromatic carbocycles. The van der Waals surface area contributed by atoms with Gasteiger partial charge in [0.25, 0.3) is 0 Å². The standard InChI is InChI=1S/C23H33N3O3/c1-16(2)7-6-8-21(27)25-13-18-14-26(23(28)24(3)4)22(20(18)15-25)17-9-11-19(29-5)12-10-17/h7,9-12,18,20,22H,6,8,13-15H2,1-5H3/t18-,20-,22+/m1/s1. The van der Waals surface area contributed by atoms with E-state index in [1.807, 2.05) is 34.1 Å². The quantitative estimate of drug-likeness (QED) is 0.712. The first-order valence-corrected chi connectivity index (χ1v) is 10.3. The Balaban J connectivity index is 1.78. The molecule has 0 saturated carbocycles. The molecule has 0 unspecified atom stereocenters. The van der Waals surface area contributed by atoms with E-state index in [-0.39, 0.29) is 23.9 Å². The predicted octanol–water partition coefficient (Wildman–Crippen LogP) is 3.55. The summed E-state index contributed by atoms with van der Waals surface area (Å²) in [5, 5.41) is 0. The van der Waals surface area contributed by atoms with Gasteiger partial charge in [0.1, 0.15) is 5.75 Å². The lowest BCUT2D eigenvalue weighted by Crippen LogP contribution is -2.42. The topological polar surface area (TPSA) is 53.1 Å². The number of benzene rings is 1. The largest absolute Gasteiger partial charge is 0.497 e.